The Morgan fingerprint density at radius 2 is 0.795 bits per heavy atom. The Labute approximate surface area is 698 Å². The third-order valence-corrected chi connectivity index (χ3v) is 40.3. The maximum atomic E-state index is 12.4. The smallest absolute Gasteiger partial charge is 0.468 e. The van der Waals surface area contributed by atoms with Crippen molar-refractivity contribution in [3.05, 3.63) is 0 Å². The standard InChI is InChI=1S/C20H30O5.C20H30O3.C19H30O5.C19H28O5.C19H30O2/c1-12(21)25-17-7-6-15-14-5-4-13-10-23-18(22)24-11-20(13,3)16(14)8-9-19(15,17)2;1-12(21)23-18-7-6-16-15-5-4-13-10-14(22)11-20(13,3)17(15)8-9-19(16,18)2;2*1-18-8-7-16-14(15(18)5-6-17(18)22)4-3-13(9-23-11-20)19(16,2)10-24-12-21;1-18-9-7-13(20)11-12(18)3-4-14-15-5-6-17(21)19(15,2)10-8-16(14)18/h13-17H,4-11H2,1-3H3;13,15-18H,4-11H2,1-3H3;11-17,22H,3-10H2,1-2H3;11-16H,3-10H2,1-2H3;12-16,20H,3-11H2,1-2H3/t13-,14-,15-,16-,17?,19-,20-;13-,15-,16-,17-,18?,19-,20-;13-,14-,15-,16-,17?,18-,19-;13-,14-,15-,16-,18-,19-;12-,13-,14-,15-,16-,18-,19-/m00000/s1. The van der Waals surface area contributed by atoms with Gasteiger partial charge in [0, 0.05) is 95.2 Å². The second kappa shape index (κ2) is 34.3. The van der Waals surface area contributed by atoms with Crippen LogP contribution in [0, 0.1) is 173 Å². The molecule has 1 saturated heterocycles. The highest BCUT2D eigenvalue weighted by atomic mass is 16.7. The van der Waals surface area contributed by atoms with E-state index >= 15 is 0 Å². The van der Waals surface area contributed by atoms with Crippen LogP contribution in [0.5, 0.6) is 0 Å². The second-order valence-corrected chi connectivity index (χ2v) is 44.6. The van der Waals surface area contributed by atoms with Crippen LogP contribution in [0.15, 0.2) is 0 Å². The number of cyclic esters (lactones) is 2. The molecule has 18 aliphatic rings. The van der Waals surface area contributed by atoms with Gasteiger partial charge in [-0.3, -0.25) is 43.2 Å². The van der Waals surface area contributed by atoms with Gasteiger partial charge in [0.25, 0.3) is 25.9 Å². The number of aliphatic hydroxyl groups excluding tert-OH is 2. The molecular formula is C97H148O20. The van der Waals surface area contributed by atoms with Crippen LogP contribution < -0.4 is 0 Å². The largest absolute Gasteiger partial charge is 0.508 e. The first-order chi connectivity index (χ1) is 55.6. The van der Waals surface area contributed by atoms with Gasteiger partial charge in [0.2, 0.25) is 0 Å². The number of hydrogen-bond acceptors (Lipinski definition) is 20. The van der Waals surface area contributed by atoms with E-state index in [1.54, 1.807) is 6.92 Å². The van der Waals surface area contributed by atoms with Crippen LogP contribution in [0.25, 0.3) is 0 Å². The number of hydrogen-bond donors (Lipinski definition) is 2. The van der Waals surface area contributed by atoms with Crippen molar-refractivity contribution in [3.63, 3.8) is 0 Å². The third kappa shape index (κ3) is 15.6. The SMILES string of the molecule is CC(=O)OC1CC[C@H]2[C@@H]3CC[C@H]4CC(=O)C[C@]4(C)[C@H]3CC[C@]12C.CC(=O)OC1CC[C@H]2[C@@H]3CC[C@H]4COC(=O)OC[C@]4(C)[C@H]3CC[C@]12C.C[C@]1(COC=O)[C@H](COC=O)CC[C@@H]2[C@@H]1CC[C@]1(C)C(=O)CC[C@@H]21.C[C@]1(COC=O)[C@H](COC=O)CC[C@@H]2[C@@H]1CC[C@]1(C)C(O)CC[C@@H]21.C[C@]12CC[C@H](O)C[C@@H]1CC[C@@H]1[C@@H]2CC[C@]2(C)C(=O)CC[C@@H]12. The summed E-state index contributed by atoms with van der Waals surface area (Å²) >= 11 is 0. The third-order valence-electron chi connectivity index (χ3n) is 40.3. The number of Topliss-reactive ketones (excluding diaryl/α,β-unsaturated/α-hetero) is 3. The quantitative estimate of drug-likeness (QED) is 0.0928. The molecule has 3 unspecified atom stereocenters. The second-order valence-electron chi connectivity index (χ2n) is 44.6. The highest BCUT2D eigenvalue weighted by Gasteiger charge is 2.67. The lowest BCUT2D eigenvalue weighted by atomic mass is 9.45. The van der Waals surface area contributed by atoms with Crippen molar-refractivity contribution in [2.24, 2.45) is 173 Å². The van der Waals surface area contributed by atoms with Gasteiger partial charge in [0.1, 0.15) is 36.2 Å². The lowest BCUT2D eigenvalue weighted by Crippen LogP contribution is -2.54. The molecule has 0 amide bonds. The summed E-state index contributed by atoms with van der Waals surface area (Å²) in [5.41, 5.74) is 0.512. The molecular weight excluding hydrogens is 1490 g/mol. The van der Waals surface area contributed by atoms with Gasteiger partial charge >= 0.3 is 18.1 Å². The predicted octanol–water partition coefficient (Wildman–Crippen LogP) is 17.4. The lowest BCUT2D eigenvalue weighted by molar-refractivity contribution is -0.161. The van der Waals surface area contributed by atoms with Gasteiger partial charge in [-0.2, -0.15) is 0 Å². The van der Waals surface area contributed by atoms with Crippen molar-refractivity contribution in [3.8, 4) is 0 Å². The van der Waals surface area contributed by atoms with Crippen LogP contribution in [-0.4, -0.2) is 136 Å². The van der Waals surface area contributed by atoms with Crippen LogP contribution in [0.2, 0.25) is 0 Å². The van der Waals surface area contributed by atoms with Gasteiger partial charge in [-0.1, -0.05) is 69.2 Å². The molecule has 1 heterocycles. The number of ether oxygens (including phenoxy) is 8. The zero-order valence-electron chi connectivity index (χ0n) is 73.4. The average Bonchev–Trinajstić information content (AvgIpc) is 1.70. The molecule has 2 N–H and O–H groups in total. The minimum atomic E-state index is -0.511. The summed E-state index contributed by atoms with van der Waals surface area (Å²) in [4.78, 5) is 114. The molecule has 34 atom stereocenters. The molecule has 0 spiro atoms. The van der Waals surface area contributed by atoms with Crippen molar-refractivity contribution < 1.29 is 96.1 Å². The summed E-state index contributed by atoms with van der Waals surface area (Å²) in [6.45, 7) is 30.6. The fourth-order valence-corrected chi connectivity index (χ4v) is 33.6. The summed E-state index contributed by atoms with van der Waals surface area (Å²) in [6, 6.07) is 0. The van der Waals surface area contributed by atoms with Gasteiger partial charge in [-0.15, -0.1) is 0 Å². The van der Waals surface area contributed by atoms with Crippen LogP contribution in [0.4, 0.5) is 4.79 Å². The molecule has 18 fully saturated rings. The summed E-state index contributed by atoms with van der Waals surface area (Å²) in [5.74, 6) is 12.5. The van der Waals surface area contributed by atoms with Gasteiger partial charge in [-0.05, 0) is 316 Å². The number of rotatable bonds is 14. The zero-order chi connectivity index (χ0) is 83.8. The fraction of sp³-hybridized carbons (Fsp3) is 0.897. The fourth-order valence-electron chi connectivity index (χ4n) is 33.6. The summed E-state index contributed by atoms with van der Waals surface area (Å²) in [5, 5.41) is 20.5. The van der Waals surface area contributed by atoms with Crippen LogP contribution in [-0.2, 0) is 81.0 Å². The molecule has 656 valence electrons. The molecule has 18 rings (SSSR count). The van der Waals surface area contributed by atoms with Crippen molar-refractivity contribution in [1.82, 2.24) is 0 Å². The Morgan fingerprint density at radius 3 is 1.32 bits per heavy atom. The van der Waals surface area contributed by atoms with Crippen LogP contribution in [0.3, 0.4) is 0 Å². The van der Waals surface area contributed by atoms with E-state index in [4.69, 9.17) is 37.9 Å². The predicted molar refractivity (Wildman–Crippen MR) is 436 cm³/mol. The highest BCUT2D eigenvalue weighted by molar-refractivity contribution is 5.88. The first kappa shape index (κ1) is 88.3. The van der Waals surface area contributed by atoms with Crippen molar-refractivity contribution >= 4 is 61.3 Å². The molecule has 0 aromatic rings. The summed E-state index contributed by atoms with van der Waals surface area (Å²) in [6.07, 6.45) is 36.9. The monoisotopic (exact) mass is 1630 g/mol. The van der Waals surface area contributed by atoms with Gasteiger partial charge in [0.05, 0.1) is 45.2 Å². The maximum absolute atomic E-state index is 12.4. The van der Waals surface area contributed by atoms with E-state index in [9.17, 15) is 58.2 Å². The molecule has 20 nitrogen and oxygen atoms in total. The van der Waals surface area contributed by atoms with E-state index in [0.29, 0.717) is 178 Å². The minimum absolute atomic E-state index is 0.00985. The van der Waals surface area contributed by atoms with E-state index in [2.05, 4.69) is 69.2 Å². The number of aliphatic hydroxyl groups is 2. The molecule has 1 aliphatic heterocycles. The molecule has 20 heteroatoms. The van der Waals surface area contributed by atoms with Crippen LogP contribution >= 0.6 is 0 Å². The Morgan fingerprint density at radius 1 is 0.393 bits per heavy atom. The Balaban J connectivity index is 0.000000120. The number of carbonyl (C=O) groups is 10. The Hall–Kier alpha value is -4.98. The summed E-state index contributed by atoms with van der Waals surface area (Å²) < 4.78 is 42.7. The minimum Gasteiger partial charge on any atom is -0.468 e. The number of esters is 2. The number of carbonyl (C=O) groups excluding carboxylic acids is 10. The molecule has 17 aliphatic carbocycles. The zero-order valence-corrected chi connectivity index (χ0v) is 73.4. The highest BCUT2D eigenvalue weighted by Crippen LogP contribution is 2.71. The molecule has 0 aromatic heterocycles. The molecule has 0 bridgehead atoms. The van der Waals surface area contributed by atoms with Gasteiger partial charge in [0.15, 0.2) is 0 Å². The Bertz CT molecular complexity index is 3640. The topological polar surface area (TPSA) is 285 Å². The normalized spacial score (nSPS) is 49.6. The van der Waals surface area contributed by atoms with Gasteiger partial charge < -0.3 is 48.1 Å². The lowest BCUT2D eigenvalue weighted by Gasteiger charge is -2.60. The molecule has 117 heavy (non-hydrogen) atoms. The molecule has 0 aromatic carbocycles. The average molecular weight is 1630 g/mol. The van der Waals surface area contributed by atoms with E-state index in [1.807, 2.05) is 0 Å². The number of ketones is 3. The van der Waals surface area contributed by atoms with Gasteiger partial charge in [-0.25, -0.2) is 4.79 Å². The summed E-state index contributed by atoms with van der Waals surface area (Å²) in [7, 11) is 0. The van der Waals surface area contributed by atoms with Crippen molar-refractivity contribution in [2.75, 3.05) is 39.6 Å². The van der Waals surface area contributed by atoms with Crippen LogP contribution in [0.1, 0.15) is 308 Å². The van der Waals surface area contributed by atoms with E-state index in [1.165, 1.54) is 64.7 Å². The van der Waals surface area contributed by atoms with E-state index in [-0.39, 0.29) is 96.9 Å². The molecule has 17 saturated carbocycles. The Kier molecular flexibility index (Phi) is 25.9. The van der Waals surface area contributed by atoms with Crippen molar-refractivity contribution in [1.29, 1.82) is 0 Å². The van der Waals surface area contributed by atoms with Crippen molar-refractivity contribution in [2.45, 2.75) is 332 Å². The van der Waals surface area contributed by atoms with E-state index < -0.39 is 6.16 Å². The number of fused-ring (bicyclic) bond motifs is 21. The molecule has 0 radical (unpaired) electrons. The van der Waals surface area contributed by atoms with E-state index in [0.717, 1.165) is 184 Å². The first-order valence-electron chi connectivity index (χ1n) is 46.9. The first-order valence-corrected chi connectivity index (χ1v) is 46.9. The maximum Gasteiger partial charge on any atom is 0.508 e.